The Morgan fingerprint density at radius 3 is 2.48 bits per heavy atom. The molecular formula is C23H20F5N9O3. The fraction of sp³-hybridized carbons (Fsp3) is 0.261. The monoisotopic (exact) mass is 565 g/mol. The highest BCUT2D eigenvalue weighted by Crippen LogP contribution is 2.28. The molecule has 4 aromatic rings. The maximum atomic E-state index is 13.9. The largest absolute Gasteiger partial charge is 0.451 e. The van der Waals surface area contributed by atoms with Crippen LogP contribution in [0.2, 0.25) is 0 Å². The van der Waals surface area contributed by atoms with E-state index in [0.29, 0.717) is 11.9 Å². The molecule has 0 fully saturated rings. The number of aliphatic hydroxyl groups is 1. The third-order valence-corrected chi connectivity index (χ3v) is 5.44. The number of hydrogen-bond acceptors (Lipinski definition) is 10. The van der Waals surface area contributed by atoms with Crippen LogP contribution in [0.1, 0.15) is 40.5 Å². The molecule has 0 saturated carbocycles. The average molecular weight is 565 g/mol. The molecule has 1 amide bonds. The highest BCUT2D eigenvalue weighted by Gasteiger charge is 2.34. The van der Waals surface area contributed by atoms with Gasteiger partial charge in [0.15, 0.2) is 11.5 Å². The van der Waals surface area contributed by atoms with E-state index in [9.17, 15) is 31.9 Å². The predicted octanol–water partition coefficient (Wildman–Crippen LogP) is 3.39. The topological polar surface area (TPSA) is 153 Å². The van der Waals surface area contributed by atoms with Gasteiger partial charge < -0.3 is 20.5 Å². The number of anilines is 2. The van der Waals surface area contributed by atoms with E-state index in [1.807, 2.05) is 0 Å². The van der Waals surface area contributed by atoms with E-state index in [0.717, 1.165) is 18.5 Å². The summed E-state index contributed by atoms with van der Waals surface area (Å²) in [4.78, 5) is 26.4. The van der Waals surface area contributed by atoms with Gasteiger partial charge in [-0.2, -0.15) is 17.6 Å². The number of ether oxygens (including phenoxy) is 1. The van der Waals surface area contributed by atoms with E-state index >= 15 is 0 Å². The van der Waals surface area contributed by atoms with Crippen LogP contribution in [0.25, 0.3) is 11.4 Å². The van der Waals surface area contributed by atoms with Crippen molar-refractivity contribution in [3.8, 4) is 11.4 Å². The molecule has 0 bridgehead atoms. The maximum absolute atomic E-state index is 13.9. The van der Waals surface area contributed by atoms with Crippen molar-refractivity contribution in [2.45, 2.75) is 32.5 Å². The van der Waals surface area contributed by atoms with E-state index in [2.05, 4.69) is 40.9 Å². The molecule has 0 aliphatic carbocycles. The lowest BCUT2D eigenvalue weighted by molar-refractivity contribution is -0.145. The van der Waals surface area contributed by atoms with Gasteiger partial charge in [0, 0.05) is 25.0 Å². The van der Waals surface area contributed by atoms with Gasteiger partial charge in [-0.1, -0.05) is 5.21 Å². The van der Waals surface area contributed by atoms with Crippen LogP contribution in [-0.2, 0) is 18.0 Å². The zero-order valence-corrected chi connectivity index (χ0v) is 20.9. The summed E-state index contributed by atoms with van der Waals surface area (Å²) in [6, 6.07) is 3.85. The molecule has 4 heterocycles. The molecule has 0 aliphatic heterocycles. The molecule has 12 nitrogen and oxygen atoms in total. The van der Waals surface area contributed by atoms with E-state index in [1.165, 1.54) is 30.8 Å². The second-order valence-electron chi connectivity index (χ2n) is 8.30. The quantitative estimate of drug-likeness (QED) is 0.165. The van der Waals surface area contributed by atoms with Crippen molar-refractivity contribution in [1.29, 1.82) is 0 Å². The Balaban J connectivity index is 1.47. The Kier molecular flexibility index (Phi) is 7.96. The number of pyridine rings is 2. The Morgan fingerprint density at radius 2 is 1.82 bits per heavy atom. The first-order chi connectivity index (χ1) is 18.8. The first-order valence-corrected chi connectivity index (χ1v) is 11.3. The van der Waals surface area contributed by atoms with Crippen LogP contribution < -0.4 is 10.6 Å². The van der Waals surface area contributed by atoms with Crippen molar-refractivity contribution in [2.75, 3.05) is 10.6 Å². The number of rotatable bonds is 8. The zero-order chi connectivity index (χ0) is 29.2. The normalized spacial score (nSPS) is 13.1. The number of halogens is 5. The minimum atomic E-state index is -4.74. The third kappa shape index (κ3) is 6.32. The van der Waals surface area contributed by atoms with Crippen LogP contribution in [0, 0.1) is 18.7 Å². The molecule has 4 rings (SSSR count). The van der Waals surface area contributed by atoms with Crippen molar-refractivity contribution in [3.63, 3.8) is 0 Å². The summed E-state index contributed by atoms with van der Waals surface area (Å²) in [7, 11) is 1.51. The highest BCUT2D eigenvalue weighted by molar-refractivity contribution is 6.04. The predicted molar refractivity (Wildman–Crippen MR) is 127 cm³/mol. The second kappa shape index (κ2) is 11.2. The smallest absolute Gasteiger partial charge is 0.351 e. The van der Waals surface area contributed by atoms with Crippen LogP contribution in [0.15, 0.2) is 36.8 Å². The standard InChI is InChI=1S/C23H20F5N9O3/c1-10-15(33-20(38)12-7-30-21(31-8-12)23(26,27)28)4-5-16(32-10)17-19(37(3)36-35-17)34-22(39)40-11(2)14-6-13(24)9-29-18(14)25/h4-9,11,22,34,39H,1-3H3,(H,33,38)/t11-,22?/m1/s1. The Hall–Kier alpha value is -4.64. The number of nitrogens with zero attached hydrogens (tertiary/aromatic N) is 7. The lowest BCUT2D eigenvalue weighted by atomic mass is 10.2. The van der Waals surface area contributed by atoms with Crippen molar-refractivity contribution >= 4 is 17.4 Å². The van der Waals surface area contributed by atoms with Crippen LogP contribution in [0.5, 0.6) is 0 Å². The van der Waals surface area contributed by atoms with Gasteiger partial charge in [-0.25, -0.2) is 29.0 Å². The fourth-order valence-electron chi connectivity index (χ4n) is 3.44. The Labute approximate surface area is 222 Å². The molecule has 0 spiro atoms. The summed E-state index contributed by atoms with van der Waals surface area (Å²) < 4.78 is 72.0. The van der Waals surface area contributed by atoms with E-state index < -0.39 is 42.2 Å². The minimum Gasteiger partial charge on any atom is -0.351 e. The van der Waals surface area contributed by atoms with Crippen LogP contribution >= 0.6 is 0 Å². The molecule has 17 heteroatoms. The van der Waals surface area contributed by atoms with Gasteiger partial charge in [-0.3, -0.25) is 4.79 Å². The van der Waals surface area contributed by atoms with Crippen molar-refractivity contribution in [1.82, 2.24) is 34.9 Å². The SMILES string of the molecule is Cc1nc(-c2nnn(C)c2NC(O)O[C@H](C)c2cc(F)cnc2F)ccc1NC(=O)c1cnc(C(F)(F)F)nc1. The third-order valence-electron chi connectivity index (χ3n) is 5.44. The summed E-state index contributed by atoms with van der Waals surface area (Å²) in [5.41, 5.74) is 0.596. The maximum Gasteiger partial charge on any atom is 0.451 e. The number of amides is 1. The molecule has 40 heavy (non-hydrogen) atoms. The summed E-state index contributed by atoms with van der Waals surface area (Å²) >= 11 is 0. The van der Waals surface area contributed by atoms with E-state index in [1.54, 1.807) is 6.92 Å². The molecule has 0 aromatic carbocycles. The van der Waals surface area contributed by atoms with Gasteiger partial charge in [0.25, 0.3) is 5.91 Å². The zero-order valence-electron chi connectivity index (χ0n) is 20.9. The first kappa shape index (κ1) is 28.4. The number of alkyl halides is 3. The van der Waals surface area contributed by atoms with Gasteiger partial charge in [0.2, 0.25) is 18.2 Å². The second-order valence-corrected chi connectivity index (χ2v) is 8.30. The van der Waals surface area contributed by atoms with Gasteiger partial charge in [-0.05, 0) is 32.0 Å². The lowest BCUT2D eigenvalue weighted by Crippen LogP contribution is -2.26. The van der Waals surface area contributed by atoms with Crippen molar-refractivity contribution < 1.29 is 36.6 Å². The number of hydrogen-bond donors (Lipinski definition) is 3. The number of aromatic nitrogens is 7. The van der Waals surface area contributed by atoms with Gasteiger partial charge >= 0.3 is 6.18 Å². The molecule has 0 aliphatic rings. The van der Waals surface area contributed by atoms with Crippen molar-refractivity contribution in [3.05, 3.63) is 71.2 Å². The highest BCUT2D eigenvalue weighted by atomic mass is 19.4. The number of nitrogens with one attached hydrogen (secondary N) is 2. The number of carbonyl (C=O) groups is 1. The molecule has 1 unspecified atom stereocenters. The average Bonchev–Trinajstić information content (AvgIpc) is 3.25. The first-order valence-electron chi connectivity index (χ1n) is 11.3. The van der Waals surface area contributed by atoms with Crippen LogP contribution in [0.4, 0.5) is 33.5 Å². The summed E-state index contributed by atoms with van der Waals surface area (Å²) in [5, 5.41) is 23.4. The molecular weight excluding hydrogens is 545 g/mol. The fourth-order valence-corrected chi connectivity index (χ4v) is 3.44. The molecule has 0 saturated heterocycles. The summed E-state index contributed by atoms with van der Waals surface area (Å²) in [6.45, 7) is 2.95. The van der Waals surface area contributed by atoms with Crippen molar-refractivity contribution in [2.24, 2.45) is 7.05 Å². The number of aliphatic hydroxyl groups excluding tert-OH is 1. The lowest BCUT2D eigenvalue weighted by Gasteiger charge is -2.20. The van der Waals surface area contributed by atoms with Gasteiger partial charge in [0.1, 0.15) is 5.82 Å². The van der Waals surface area contributed by atoms with E-state index in [4.69, 9.17) is 4.74 Å². The van der Waals surface area contributed by atoms with Gasteiger partial charge in [-0.15, -0.1) is 5.10 Å². The Morgan fingerprint density at radius 1 is 1.12 bits per heavy atom. The van der Waals surface area contributed by atoms with Crippen LogP contribution in [-0.4, -0.2) is 52.4 Å². The summed E-state index contributed by atoms with van der Waals surface area (Å²) in [5.74, 6) is -3.71. The number of carbonyl (C=O) groups excluding carboxylic acids is 1. The van der Waals surface area contributed by atoms with Gasteiger partial charge in [0.05, 0.1) is 34.9 Å². The van der Waals surface area contributed by atoms with Crippen LogP contribution in [0.3, 0.4) is 0 Å². The number of aryl methyl sites for hydroxylation is 2. The molecule has 0 radical (unpaired) electrons. The van der Waals surface area contributed by atoms with E-state index in [-0.39, 0.29) is 34.0 Å². The molecule has 4 aromatic heterocycles. The Bertz CT molecular complexity index is 1530. The molecule has 3 N–H and O–H groups in total. The minimum absolute atomic E-state index is 0.156. The summed E-state index contributed by atoms with van der Waals surface area (Å²) in [6.07, 6.45) is -5.31. The molecule has 2 atom stereocenters. The molecule has 210 valence electrons.